The second-order valence-corrected chi connectivity index (χ2v) is 6.23. The fourth-order valence-electron chi connectivity index (χ4n) is 3.74. The molecule has 2 nitrogen and oxygen atoms in total. The number of hydrogen-bond donors (Lipinski definition) is 0. The molecule has 2 atom stereocenters. The number of anilines is 1. The van der Waals surface area contributed by atoms with Crippen molar-refractivity contribution in [3.05, 3.63) is 42.0 Å². The molecule has 0 aliphatic heterocycles. The molecular formula is C19H22N2. The molecule has 2 heteroatoms. The number of nitrogens with zero attached hydrogens (tertiary/aromatic N) is 2. The van der Waals surface area contributed by atoms with E-state index in [4.69, 9.17) is 0 Å². The van der Waals surface area contributed by atoms with Gasteiger partial charge in [-0.15, -0.1) is 0 Å². The van der Waals surface area contributed by atoms with Crippen LogP contribution in [0.1, 0.15) is 38.2 Å². The summed E-state index contributed by atoms with van der Waals surface area (Å²) in [6, 6.07) is 15.2. The molecular weight excluding hydrogens is 256 g/mol. The Hall–Kier alpha value is -2.01. The van der Waals surface area contributed by atoms with Crippen molar-refractivity contribution in [2.24, 2.45) is 5.92 Å². The Morgan fingerprint density at radius 3 is 2.48 bits per heavy atom. The quantitative estimate of drug-likeness (QED) is 0.794. The number of rotatable bonds is 2. The first kappa shape index (κ1) is 13.9. The van der Waals surface area contributed by atoms with Gasteiger partial charge in [-0.1, -0.05) is 44.0 Å². The summed E-state index contributed by atoms with van der Waals surface area (Å²) in [4.78, 5) is 2.44. The van der Waals surface area contributed by atoms with E-state index >= 15 is 0 Å². The Morgan fingerprint density at radius 1 is 1.05 bits per heavy atom. The van der Waals surface area contributed by atoms with Crippen LogP contribution in [0.2, 0.25) is 0 Å². The third-order valence-electron chi connectivity index (χ3n) is 4.97. The third-order valence-corrected chi connectivity index (χ3v) is 4.97. The van der Waals surface area contributed by atoms with Gasteiger partial charge in [0, 0.05) is 29.5 Å². The maximum absolute atomic E-state index is 9.29. The molecule has 1 aliphatic carbocycles. The summed E-state index contributed by atoms with van der Waals surface area (Å²) < 4.78 is 0. The molecule has 0 heterocycles. The molecule has 3 rings (SSSR count). The second-order valence-electron chi connectivity index (χ2n) is 6.23. The summed E-state index contributed by atoms with van der Waals surface area (Å²) in [7, 11) is 2.21. The standard InChI is InChI=1S/C19H22N2/c1-14-7-3-6-10-18(14)21(2)19-12-11-15(13-20)16-8-4-5-9-17(16)19/h4-5,8-9,11-12,14,18H,3,6-7,10H2,1-2H3. The van der Waals surface area contributed by atoms with Crippen LogP contribution in [-0.4, -0.2) is 13.1 Å². The van der Waals surface area contributed by atoms with Crippen LogP contribution in [0.4, 0.5) is 5.69 Å². The van der Waals surface area contributed by atoms with E-state index in [1.165, 1.54) is 36.8 Å². The van der Waals surface area contributed by atoms with Crippen molar-refractivity contribution < 1.29 is 0 Å². The highest BCUT2D eigenvalue weighted by Crippen LogP contribution is 2.35. The molecule has 108 valence electrons. The number of benzene rings is 2. The predicted molar refractivity (Wildman–Crippen MR) is 88.5 cm³/mol. The average molecular weight is 278 g/mol. The molecule has 0 aromatic heterocycles. The molecule has 0 radical (unpaired) electrons. The van der Waals surface area contributed by atoms with Crippen LogP contribution >= 0.6 is 0 Å². The van der Waals surface area contributed by atoms with Crippen molar-refractivity contribution in [1.82, 2.24) is 0 Å². The van der Waals surface area contributed by atoms with Gasteiger partial charge >= 0.3 is 0 Å². The largest absolute Gasteiger partial charge is 0.371 e. The molecule has 1 aliphatic rings. The molecule has 0 N–H and O–H groups in total. The smallest absolute Gasteiger partial charge is 0.0998 e. The van der Waals surface area contributed by atoms with Crippen LogP contribution in [0, 0.1) is 17.2 Å². The van der Waals surface area contributed by atoms with E-state index in [2.05, 4.69) is 49.2 Å². The van der Waals surface area contributed by atoms with Gasteiger partial charge in [-0.25, -0.2) is 0 Å². The highest BCUT2D eigenvalue weighted by molar-refractivity contribution is 5.97. The van der Waals surface area contributed by atoms with Crippen LogP contribution in [0.3, 0.4) is 0 Å². The zero-order valence-electron chi connectivity index (χ0n) is 12.8. The molecule has 1 saturated carbocycles. The van der Waals surface area contributed by atoms with Crippen molar-refractivity contribution in [1.29, 1.82) is 5.26 Å². The summed E-state index contributed by atoms with van der Waals surface area (Å²) in [6.07, 6.45) is 5.28. The van der Waals surface area contributed by atoms with Crippen LogP contribution in [0.15, 0.2) is 36.4 Å². The van der Waals surface area contributed by atoms with Crippen LogP contribution < -0.4 is 4.90 Å². The lowest BCUT2D eigenvalue weighted by atomic mass is 9.84. The molecule has 0 saturated heterocycles. The van der Waals surface area contributed by atoms with E-state index in [1.807, 2.05) is 12.1 Å². The van der Waals surface area contributed by atoms with Gasteiger partial charge in [0.1, 0.15) is 0 Å². The van der Waals surface area contributed by atoms with Gasteiger partial charge in [-0.05, 0) is 30.9 Å². The van der Waals surface area contributed by atoms with E-state index < -0.39 is 0 Å². The number of nitriles is 1. The Morgan fingerprint density at radius 2 is 1.76 bits per heavy atom. The van der Waals surface area contributed by atoms with Crippen molar-refractivity contribution in [2.75, 3.05) is 11.9 Å². The Labute approximate surface area is 127 Å². The highest BCUT2D eigenvalue weighted by Gasteiger charge is 2.26. The number of hydrogen-bond acceptors (Lipinski definition) is 2. The molecule has 2 aromatic rings. The van der Waals surface area contributed by atoms with Crippen molar-refractivity contribution in [3.63, 3.8) is 0 Å². The Kier molecular flexibility index (Phi) is 3.84. The minimum absolute atomic E-state index is 0.607. The van der Waals surface area contributed by atoms with E-state index in [-0.39, 0.29) is 0 Å². The normalized spacial score (nSPS) is 22.0. The third kappa shape index (κ3) is 2.49. The minimum atomic E-state index is 0.607. The van der Waals surface area contributed by atoms with E-state index in [1.54, 1.807) is 0 Å². The van der Waals surface area contributed by atoms with Crippen LogP contribution in [0.5, 0.6) is 0 Å². The zero-order chi connectivity index (χ0) is 14.8. The van der Waals surface area contributed by atoms with Gasteiger partial charge < -0.3 is 4.90 Å². The van der Waals surface area contributed by atoms with Gasteiger partial charge in [-0.2, -0.15) is 5.26 Å². The molecule has 0 bridgehead atoms. The average Bonchev–Trinajstić information content (AvgIpc) is 2.53. The van der Waals surface area contributed by atoms with Gasteiger partial charge in [0.25, 0.3) is 0 Å². The maximum atomic E-state index is 9.29. The minimum Gasteiger partial charge on any atom is -0.371 e. The Balaban J connectivity index is 2.06. The summed E-state index contributed by atoms with van der Waals surface area (Å²) in [5.41, 5.74) is 2.02. The van der Waals surface area contributed by atoms with Crippen molar-refractivity contribution >= 4 is 16.5 Å². The first-order valence-electron chi connectivity index (χ1n) is 7.87. The fraction of sp³-hybridized carbons (Fsp3) is 0.421. The SMILES string of the molecule is CC1CCCCC1N(C)c1ccc(C#N)c2ccccc12. The van der Waals surface area contributed by atoms with E-state index in [0.717, 1.165) is 16.9 Å². The Bertz CT molecular complexity index is 684. The van der Waals surface area contributed by atoms with Crippen molar-refractivity contribution in [2.45, 2.75) is 38.6 Å². The van der Waals surface area contributed by atoms with Gasteiger partial charge in [0.2, 0.25) is 0 Å². The van der Waals surface area contributed by atoms with Crippen molar-refractivity contribution in [3.8, 4) is 6.07 Å². The van der Waals surface area contributed by atoms with Gasteiger partial charge in [-0.3, -0.25) is 0 Å². The summed E-state index contributed by atoms with van der Waals surface area (Å²) in [6.45, 7) is 2.37. The van der Waals surface area contributed by atoms with Gasteiger partial charge in [0.05, 0.1) is 11.6 Å². The lowest BCUT2D eigenvalue weighted by Crippen LogP contribution is -2.39. The molecule has 21 heavy (non-hydrogen) atoms. The lowest BCUT2D eigenvalue weighted by molar-refractivity contribution is 0.322. The fourth-order valence-corrected chi connectivity index (χ4v) is 3.74. The summed E-state index contributed by atoms with van der Waals surface area (Å²) in [5, 5.41) is 11.5. The first-order chi connectivity index (χ1) is 10.2. The maximum Gasteiger partial charge on any atom is 0.0998 e. The topological polar surface area (TPSA) is 27.0 Å². The molecule has 2 aromatic carbocycles. The summed E-state index contributed by atoms with van der Waals surface area (Å²) in [5.74, 6) is 0.734. The monoisotopic (exact) mass is 278 g/mol. The molecule has 0 spiro atoms. The molecule has 0 amide bonds. The highest BCUT2D eigenvalue weighted by atomic mass is 15.1. The van der Waals surface area contributed by atoms with E-state index in [9.17, 15) is 5.26 Å². The molecule has 2 unspecified atom stereocenters. The number of fused-ring (bicyclic) bond motifs is 1. The van der Waals surface area contributed by atoms with Crippen LogP contribution in [0.25, 0.3) is 10.8 Å². The second kappa shape index (κ2) is 5.77. The first-order valence-corrected chi connectivity index (χ1v) is 7.87. The lowest BCUT2D eigenvalue weighted by Gasteiger charge is -2.38. The van der Waals surface area contributed by atoms with Crippen LogP contribution in [-0.2, 0) is 0 Å². The predicted octanol–water partition coefficient (Wildman–Crippen LogP) is 4.73. The van der Waals surface area contributed by atoms with Gasteiger partial charge in [0.15, 0.2) is 0 Å². The summed E-state index contributed by atoms with van der Waals surface area (Å²) >= 11 is 0. The molecule has 1 fully saturated rings. The van der Waals surface area contributed by atoms with E-state index in [0.29, 0.717) is 6.04 Å². The zero-order valence-corrected chi connectivity index (χ0v) is 12.8.